The fourth-order valence-corrected chi connectivity index (χ4v) is 4.30. The molecule has 2 heterocycles. The molecule has 29 heavy (non-hydrogen) atoms. The van der Waals surface area contributed by atoms with Crippen LogP contribution in [-0.2, 0) is 4.79 Å². The Morgan fingerprint density at radius 2 is 1.93 bits per heavy atom. The van der Waals surface area contributed by atoms with E-state index in [0.717, 1.165) is 22.6 Å². The third-order valence-electron chi connectivity index (χ3n) is 5.67. The van der Waals surface area contributed by atoms with Gasteiger partial charge in [-0.25, -0.2) is 4.68 Å². The first kappa shape index (κ1) is 17.5. The number of methoxy groups -OCH3 is 1. The molecule has 2 unspecified atom stereocenters. The van der Waals surface area contributed by atoms with Crippen LogP contribution in [0.5, 0.6) is 11.5 Å². The number of fused-ring (bicyclic) bond motifs is 1. The Bertz CT molecular complexity index is 1120. The van der Waals surface area contributed by atoms with Crippen molar-refractivity contribution >= 4 is 11.7 Å². The lowest BCUT2D eigenvalue weighted by Crippen LogP contribution is -2.33. The monoisotopic (exact) mass is 388 g/mol. The minimum atomic E-state index is -0.340. The lowest BCUT2D eigenvalue weighted by molar-refractivity contribution is -0.116. The van der Waals surface area contributed by atoms with Crippen LogP contribution in [0.25, 0.3) is 0 Å². The van der Waals surface area contributed by atoms with Crippen molar-refractivity contribution in [3.63, 3.8) is 0 Å². The molecule has 1 aliphatic carbocycles. The number of aromatic hydroxyl groups is 1. The number of phenols is 1. The van der Waals surface area contributed by atoms with Crippen molar-refractivity contribution in [1.82, 2.24) is 14.8 Å². The number of Topliss-reactive ketones (excluding diaryl/α,β-unsaturated/α-hetero) is 1. The Hall–Kier alpha value is -3.61. The zero-order valence-corrected chi connectivity index (χ0v) is 15.9. The number of ether oxygens (including phenoxy) is 1. The maximum absolute atomic E-state index is 13.3. The number of ketones is 1. The molecule has 2 aliphatic rings. The summed E-state index contributed by atoms with van der Waals surface area (Å²) in [5, 5.41) is 17.9. The van der Waals surface area contributed by atoms with Crippen LogP contribution in [0.4, 0.5) is 5.95 Å². The molecule has 0 amide bonds. The number of phenolic OH excluding ortho intramolecular Hbond substituents is 1. The quantitative estimate of drug-likeness (QED) is 0.715. The van der Waals surface area contributed by atoms with Gasteiger partial charge >= 0.3 is 0 Å². The summed E-state index contributed by atoms with van der Waals surface area (Å²) >= 11 is 0. The van der Waals surface area contributed by atoms with E-state index in [2.05, 4.69) is 15.4 Å². The van der Waals surface area contributed by atoms with Gasteiger partial charge in [-0.1, -0.05) is 30.3 Å². The number of benzene rings is 2. The normalized spacial score (nSPS) is 20.7. The van der Waals surface area contributed by atoms with Gasteiger partial charge in [0.05, 0.1) is 7.11 Å². The second-order valence-electron chi connectivity index (χ2n) is 7.31. The zero-order chi connectivity index (χ0) is 20.0. The Morgan fingerprint density at radius 1 is 1.14 bits per heavy atom. The predicted molar refractivity (Wildman–Crippen MR) is 107 cm³/mol. The smallest absolute Gasteiger partial charge is 0.226 e. The van der Waals surface area contributed by atoms with Crippen LogP contribution in [0.2, 0.25) is 0 Å². The first-order valence-electron chi connectivity index (χ1n) is 9.50. The zero-order valence-electron chi connectivity index (χ0n) is 15.9. The van der Waals surface area contributed by atoms with E-state index in [1.807, 2.05) is 36.4 Å². The molecule has 7 nitrogen and oxygen atoms in total. The van der Waals surface area contributed by atoms with E-state index in [9.17, 15) is 9.90 Å². The highest BCUT2D eigenvalue weighted by Gasteiger charge is 2.39. The summed E-state index contributed by atoms with van der Waals surface area (Å²) in [6.07, 6.45) is 2.45. The van der Waals surface area contributed by atoms with Gasteiger partial charge in [0, 0.05) is 23.6 Å². The molecule has 2 aromatic carbocycles. The van der Waals surface area contributed by atoms with Gasteiger partial charge in [0.2, 0.25) is 5.95 Å². The Labute approximate surface area is 167 Å². The van der Waals surface area contributed by atoms with Gasteiger partial charge in [-0.3, -0.25) is 4.79 Å². The number of nitrogens with one attached hydrogen (secondary N) is 1. The first-order chi connectivity index (χ1) is 14.2. The Morgan fingerprint density at radius 3 is 2.69 bits per heavy atom. The molecule has 0 spiro atoms. The maximum Gasteiger partial charge on any atom is 0.226 e. The van der Waals surface area contributed by atoms with Crippen molar-refractivity contribution in [3.05, 3.63) is 77.3 Å². The molecule has 7 heteroatoms. The molecule has 0 saturated heterocycles. The summed E-state index contributed by atoms with van der Waals surface area (Å²) in [6.45, 7) is 0. The van der Waals surface area contributed by atoms with E-state index >= 15 is 0 Å². The van der Waals surface area contributed by atoms with Crippen molar-refractivity contribution in [2.45, 2.75) is 24.8 Å². The highest BCUT2D eigenvalue weighted by Crippen LogP contribution is 2.45. The van der Waals surface area contributed by atoms with Crippen LogP contribution < -0.4 is 10.1 Å². The maximum atomic E-state index is 13.3. The van der Waals surface area contributed by atoms with Crippen LogP contribution in [0.1, 0.15) is 35.9 Å². The first-order valence-corrected chi connectivity index (χ1v) is 9.50. The summed E-state index contributed by atoms with van der Waals surface area (Å²) in [5.74, 6) is 1.55. The van der Waals surface area contributed by atoms with Crippen LogP contribution in [0.15, 0.2) is 66.1 Å². The van der Waals surface area contributed by atoms with Crippen LogP contribution >= 0.6 is 0 Å². The van der Waals surface area contributed by atoms with Crippen LogP contribution in [0, 0.1) is 0 Å². The number of aromatic nitrogens is 3. The van der Waals surface area contributed by atoms with Crippen molar-refractivity contribution in [2.75, 3.05) is 12.4 Å². The minimum absolute atomic E-state index is 0.0500. The Balaban J connectivity index is 1.59. The minimum Gasteiger partial charge on any atom is -0.508 e. The molecular formula is C22H20N4O3. The number of carbonyl (C=O) groups is 1. The number of rotatable bonds is 3. The van der Waals surface area contributed by atoms with Gasteiger partial charge in [-0.2, -0.15) is 10.1 Å². The van der Waals surface area contributed by atoms with Gasteiger partial charge in [0.1, 0.15) is 23.9 Å². The van der Waals surface area contributed by atoms with E-state index in [4.69, 9.17) is 4.74 Å². The van der Waals surface area contributed by atoms with Gasteiger partial charge in [-0.05, 0) is 35.7 Å². The molecule has 2 N–H and O–H groups in total. The highest BCUT2D eigenvalue weighted by atomic mass is 16.5. The standard InChI is InChI=1S/C22H20N4O3/c1-29-15-8-6-13(7-9-15)21-20-17(25-22-23-12-24-26(21)22)10-14(11-19(20)28)16-4-2-3-5-18(16)27/h2-9,12,14,21,27H,10-11H2,1H3,(H,23,24,25). The van der Waals surface area contributed by atoms with E-state index in [0.29, 0.717) is 24.4 Å². The summed E-state index contributed by atoms with van der Waals surface area (Å²) < 4.78 is 7.01. The topological polar surface area (TPSA) is 89.3 Å². The number of hydrogen-bond acceptors (Lipinski definition) is 6. The SMILES string of the molecule is COc1ccc(C2C3=C(CC(c4ccccc4O)CC3=O)Nc3ncnn32)cc1. The van der Waals surface area contributed by atoms with E-state index in [1.165, 1.54) is 6.33 Å². The number of para-hydroxylation sites is 1. The number of nitrogens with zero attached hydrogens (tertiary/aromatic N) is 3. The molecule has 0 radical (unpaired) electrons. The summed E-state index contributed by atoms with van der Waals surface area (Å²) in [7, 11) is 1.62. The number of anilines is 1. The van der Waals surface area contributed by atoms with E-state index in [-0.39, 0.29) is 23.5 Å². The molecule has 0 saturated carbocycles. The number of allylic oxidation sites excluding steroid dienone is 2. The lowest BCUT2D eigenvalue weighted by atomic mass is 9.77. The molecule has 3 aromatic rings. The molecule has 0 bridgehead atoms. The van der Waals surface area contributed by atoms with Crippen LogP contribution in [0.3, 0.4) is 0 Å². The second kappa shape index (κ2) is 6.77. The number of carbonyl (C=O) groups excluding carboxylic acids is 1. The average Bonchev–Trinajstić information content (AvgIpc) is 3.20. The fraction of sp³-hybridized carbons (Fsp3) is 0.227. The highest BCUT2D eigenvalue weighted by molar-refractivity contribution is 6.00. The summed E-state index contributed by atoms with van der Waals surface area (Å²) in [6, 6.07) is 14.5. The van der Waals surface area contributed by atoms with Crippen molar-refractivity contribution in [3.8, 4) is 11.5 Å². The third kappa shape index (κ3) is 2.86. The van der Waals surface area contributed by atoms with Crippen LogP contribution in [-0.4, -0.2) is 32.8 Å². The van der Waals surface area contributed by atoms with E-state index in [1.54, 1.807) is 23.9 Å². The van der Waals surface area contributed by atoms with Gasteiger partial charge in [-0.15, -0.1) is 0 Å². The lowest BCUT2D eigenvalue weighted by Gasteiger charge is -2.35. The van der Waals surface area contributed by atoms with Crippen molar-refractivity contribution in [1.29, 1.82) is 0 Å². The molecular weight excluding hydrogens is 368 g/mol. The molecule has 1 aliphatic heterocycles. The molecule has 0 fully saturated rings. The third-order valence-corrected chi connectivity index (χ3v) is 5.67. The molecule has 2 atom stereocenters. The van der Waals surface area contributed by atoms with Gasteiger partial charge < -0.3 is 15.2 Å². The van der Waals surface area contributed by atoms with Gasteiger partial charge in [0.15, 0.2) is 5.78 Å². The summed E-state index contributed by atoms with van der Waals surface area (Å²) in [4.78, 5) is 17.6. The molecule has 146 valence electrons. The average molecular weight is 388 g/mol. The Kier molecular flexibility index (Phi) is 4.08. The fourth-order valence-electron chi connectivity index (χ4n) is 4.30. The van der Waals surface area contributed by atoms with Crippen molar-refractivity contribution < 1.29 is 14.6 Å². The molecule has 5 rings (SSSR count). The van der Waals surface area contributed by atoms with Crippen molar-refractivity contribution in [2.24, 2.45) is 0 Å². The van der Waals surface area contributed by atoms with Gasteiger partial charge in [0.25, 0.3) is 0 Å². The predicted octanol–water partition coefficient (Wildman–Crippen LogP) is 3.41. The number of hydrogen-bond donors (Lipinski definition) is 2. The second-order valence-corrected chi connectivity index (χ2v) is 7.31. The summed E-state index contributed by atoms with van der Waals surface area (Å²) in [5.41, 5.74) is 3.29. The van der Waals surface area contributed by atoms with E-state index < -0.39 is 0 Å². The molecule has 1 aromatic heterocycles. The largest absolute Gasteiger partial charge is 0.508 e.